The van der Waals surface area contributed by atoms with Gasteiger partial charge >= 0.3 is 6.61 Å². The van der Waals surface area contributed by atoms with Crippen molar-refractivity contribution in [2.75, 3.05) is 25.0 Å². The number of quaternary nitrogens is 1. The first-order valence-corrected chi connectivity index (χ1v) is 7.32. The van der Waals surface area contributed by atoms with Crippen LogP contribution in [0, 0.1) is 0 Å². The average Bonchev–Trinajstić information content (AvgIpc) is 2.69. The van der Waals surface area contributed by atoms with Gasteiger partial charge in [-0.3, -0.25) is 4.79 Å². The van der Waals surface area contributed by atoms with Crippen molar-refractivity contribution in [3.63, 3.8) is 0 Å². The number of hydrogen-bond donors (Lipinski definition) is 2. The molecular weight excluding hydrogens is 278 g/mol. The number of likely N-dealkylation sites (tertiary alicyclic amines) is 1. The summed E-state index contributed by atoms with van der Waals surface area (Å²) in [6.45, 7) is -0.562. The van der Waals surface area contributed by atoms with Crippen molar-refractivity contribution in [2.45, 2.75) is 32.3 Å². The van der Waals surface area contributed by atoms with Gasteiger partial charge in [0.25, 0.3) is 5.91 Å². The maximum Gasteiger partial charge on any atom is 0.387 e. The molecule has 1 fully saturated rings. The van der Waals surface area contributed by atoms with E-state index in [0.29, 0.717) is 6.54 Å². The molecule has 0 aliphatic carbocycles. The minimum atomic E-state index is -2.90. The standard InChI is InChI=1S/C15H20F2N2O2/c16-15(17)21-13-8-4-3-7-12(13)18-14(20)11-19-9-5-1-2-6-10-19/h3-4,7-8,15H,1-2,5-6,9-11H2,(H,18,20)/p+1. The molecule has 0 saturated carbocycles. The molecule has 1 heterocycles. The van der Waals surface area contributed by atoms with Crippen molar-refractivity contribution in [3.8, 4) is 5.75 Å². The van der Waals surface area contributed by atoms with E-state index < -0.39 is 6.61 Å². The highest BCUT2D eigenvalue weighted by molar-refractivity contribution is 5.92. The lowest BCUT2D eigenvalue weighted by molar-refractivity contribution is -0.890. The van der Waals surface area contributed by atoms with E-state index in [1.807, 2.05) is 0 Å². The second kappa shape index (κ2) is 7.93. The zero-order chi connectivity index (χ0) is 15.1. The largest absolute Gasteiger partial charge is 0.433 e. The summed E-state index contributed by atoms with van der Waals surface area (Å²) in [4.78, 5) is 13.3. The lowest BCUT2D eigenvalue weighted by atomic mass is 10.2. The summed E-state index contributed by atoms with van der Waals surface area (Å²) >= 11 is 0. The van der Waals surface area contributed by atoms with E-state index in [4.69, 9.17) is 0 Å². The summed E-state index contributed by atoms with van der Waals surface area (Å²) < 4.78 is 29.0. The maximum atomic E-state index is 12.3. The van der Waals surface area contributed by atoms with Gasteiger partial charge in [-0.05, 0) is 37.8 Å². The molecule has 6 heteroatoms. The molecular formula is C15H21F2N2O2+. The molecule has 2 rings (SSSR count). The predicted molar refractivity (Wildman–Crippen MR) is 75.7 cm³/mol. The number of carbonyl (C=O) groups is 1. The van der Waals surface area contributed by atoms with Crippen LogP contribution in [-0.2, 0) is 4.79 Å². The number of benzene rings is 1. The average molecular weight is 299 g/mol. The summed E-state index contributed by atoms with van der Waals surface area (Å²) in [5.41, 5.74) is 0.289. The molecule has 0 aromatic heterocycles. The third kappa shape index (κ3) is 5.30. The summed E-state index contributed by atoms with van der Waals surface area (Å²) in [6.07, 6.45) is 4.70. The molecule has 21 heavy (non-hydrogen) atoms. The first-order valence-electron chi connectivity index (χ1n) is 7.32. The van der Waals surface area contributed by atoms with Crippen molar-refractivity contribution >= 4 is 11.6 Å². The number of ether oxygens (including phenoxy) is 1. The number of hydrogen-bond acceptors (Lipinski definition) is 2. The minimum absolute atomic E-state index is 0.00767. The predicted octanol–water partition coefficient (Wildman–Crippen LogP) is 1.69. The smallest absolute Gasteiger partial charge is 0.387 e. The van der Waals surface area contributed by atoms with Crippen molar-refractivity contribution in [1.29, 1.82) is 0 Å². The summed E-state index contributed by atoms with van der Waals surface area (Å²) in [6, 6.07) is 6.24. The molecule has 1 aliphatic rings. The summed E-state index contributed by atoms with van der Waals surface area (Å²) in [5, 5.41) is 2.67. The maximum absolute atomic E-state index is 12.3. The van der Waals surface area contributed by atoms with Gasteiger partial charge in [0.1, 0.15) is 5.75 Å². The van der Waals surface area contributed by atoms with Crippen LogP contribution in [0.15, 0.2) is 24.3 Å². The van der Waals surface area contributed by atoms with Crippen molar-refractivity contribution in [3.05, 3.63) is 24.3 Å². The molecule has 1 saturated heterocycles. The number of alkyl halides is 2. The quantitative estimate of drug-likeness (QED) is 0.869. The molecule has 1 aromatic carbocycles. The number of halogens is 2. The molecule has 0 spiro atoms. The van der Waals surface area contributed by atoms with E-state index in [9.17, 15) is 13.6 Å². The molecule has 1 aliphatic heterocycles. The zero-order valence-electron chi connectivity index (χ0n) is 11.9. The van der Waals surface area contributed by atoms with E-state index >= 15 is 0 Å². The molecule has 2 N–H and O–H groups in total. The number of carbonyl (C=O) groups excluding carboxylic acids is 1. The van der Waals surface area contributed by atoms with Gasteiger partial charge in [-0.15, -0.1) is 0 Å². The van der Waals surface area contributed by atoms with Crippen LogP contribution in [0.4, 0.5) is 14.5 Å². The fourth-order valence-electron chi connectivity index (χ4n) is 2.60. The van der Waals surface area contributed by atoms with Gasteiger partial charge in [-0.2, -0.15) is 8.78 Å². The van der Waals surface area contributed by atoms with Crippen molar-refractivity contribution in [2.24, 2.45) is 0 Å². The highest BCUT2D eigenvalue weighted by Gasteiger charge is 2.18. The molecule has 4 nitrogen and oxygen atoms in total. The Morgan fingerprint density at radius 2 is 1.86 bits per heavy atom. The molecule has 0 bridgehead atoms. The second-order valence-corrected chi connectivity index (χ2v) is 5.26. The Hall–Kier alpha value is -1.69. The highest BCUT2D eigenvalue weighted by Crippen LogP contribution is 2.25. The monoisotopic (exact) mass is 299 g/mol. The van der Waals surface area contributed by atoms with E-state index in [2.05, 4.69) is 10.1 Å². The zero-order valence-corrected chi connectivity index (χ0v) is 11.9. The van der Waals surface area contributed by atoms with Crippen LogP contribution in [0.1, 0.15) is 25.7 Å². The number of amides is 1. The van der Waals surface area contributed by atoms with Gasteiger partial charge in [0, 0.05) is 0 Å². The Balaban J connectivity index is 1.92. The third-order valence-corrected chi connectivity index (χ3v) is 3.60. The van der Waals surface area contributed by atoms with Crippen LogP contribution in [0.3, 0.4) is 0 Å². The Labute approximate surface area is 123 Å². The molecule has 1 aromatic rings. The van der Waals surface area contributed by atoms with Gasteiger partial charge in [0.15, 0.2) is 6.54 Å². The van der Waals surface area contributed by atoms with E-state index in [0.717, 1.165) is 25.9 Å². The second-order valence-electron chi connectivity index (χ2n) is 5.26. The van der Waals surface area contributed by atoms with Gasteiger partial charge in [0.2, 0.25) is 0 Å². The van der Waals surface area contributed by atoms with E-state index in [1.165, 1.54) is 23.8 Å². The number of para-hydroxylation sites is 2. The van der Waals surface area contributed by atoms with Crippen molar-refractivity contribution < 1.29 is 23.2 Å². The number of anilines is 1. The summed E-state index contributed by atoms with van der Waals surface area (Å²) in [7, 11) is 0. The van der Waals surface area contributed by atoms with E-state index in [-0.39, 0.29) is 17.3 Å². The summed E-state index contributed by atoms with van der Waals surface area (Å²) in [5.74, 6) is -0.177. The van der Waals surface area contributed by atoms with Crippen LogP contribution in [0.25, 0.3) is 0 Å². The molecule has 0 radical (unpaired) electrons. The lowest BCUT2D eigenvalue weighted by Crippen LogP contribution is -3.12. The molecule has 1 amide bonds. The number of rotatable bonds is 5. The Morgan fingerprint density at radius 3 is 2.52 bits per heavy atom. The van der Waals surface area contributed by atoms with Gasteiger partial charge in [-0.25, -0.2) is 0 Å². The molecule has 0 unspecified atom stereocenters. The Morgan fingerprint density at radius 1 is 1.19 bits per heavy atom. The number of nitrogens with one attached hydrogen (secondary N) is 2. The SMILES string of the molecule is O=C(C[NH+]1CCCCCC1)Nc1ccccc1OC(F)F. The molecule has 116 valence electrons. The first kappa shape index (κ1) is 15.7. The third-order valence-electron chi connectivity index (χ3n) is 3.60. The van der Waals surface area contributed by atoms with Crippen molar-refractivity contribution in [1.82, 2.24) is 0 Å². The Bertz CT molecular complexity index is 461. The molecule has 0 atom stereocenters. The van der Waals surface area contributed by atoms with E-state index in [1.54, 1.807) is 18.2 Å². The Kier molecular flexibility index (Phi) is 5.92. The van der Waals surface area contributed by atoms with Crippen LogP contribution in [0.5, 0.6) is 5.75 Å². The lowest BCUT2D eigenvalue weighted by Gasteiger charge is -2.17. The highest BCUT2D eigenvalue weighted by atomic mass is 19.3. The fourth-order valence-corrected chi connectivity index (χ4v) is 2.60. The van der Waals surface area contributed by atoms with Gasteiger partial charge in [0.05, 0.1) is 18.8 Å². The van der Waals surface area contributed by atoms with Crippen LogP contribution in [-0.4, -0.2) is 32.2 Å². The first-order chi connectivity index (χ1) is 10.1. The van der Waals surface area contributed by atoms with Gasteiger partial charge in [-0.1, -0.05) is 12.1 Å². The van der Waals surface area contributed by atoms with Gasteiger partial charge < -0.3 is 15.0 Å². The van der Waals surface area contributed by atoms with Crippen LogP contribution in [0.2, 0.25) is 0 Å². The topological polar surface area (TPSA) is 42.8 Å². The minimum Gasteiger partial charge on any atom is -0.433 e. The van der Waals surface area contributed by atoms with Crippen LogP contribution >= 0.6 is 0 Å². The van der Waals surface area contributed by atoms with Crippen LogP contribution < -0.4 is 15.0 Å². The normalized spacial score (nSPS) is 16.5. The fraction of sp³-hybridized carbons (Fsp3) is 0.533.